The first-order valence-electron chi connectivity index (χ1n) is 6.88. The first kappa shape index (κ1) is 13.3. The van der Waals surface area contributed by atoms with E-state index in [1.54, 1.807) is 4.68 Å². The number of nitrogens with one attached hydrogen (secondary N) is 1. The van der Waals surface area contributed by atoms with Crippen LogP contribution in [0.4, 0.5) is 5.69 Å². The monoisotopic (exact) mass is 279 g/mol. The standard InChI is InChI=1S/C16H17N5/c1-12-8-9-14(10-13(12)2)17-11-16-18-19-20-21(16)15-6-4-3-5-7-15/h3-10,17H,11H2,1-2H3. The van der Waals surface area contributed by atoms with Crippen LogP contribution in [0.15, 0.2) is 48.5 Å². The summed E-state index contributed by atoms with van der Waals surface area (Å²) in [6, 6.07) is 16.2. The zero-order valence-electron chi connectivity index (χ0n) is 12.1. The van der Waals surface area contributed by atoms with Crippen molar-refractivity contribution in [3.63, 3.8) is 0 Å². The predicted molar refractivity (Wildman–Crippen MR) is 82.4 cm³/mol. The molecule has 0 spiro atoms. The van der Waals surface area contributed by atoms with Crippen LogP contribution < -0.4 is 5.32 Å². The maximum atomic E-state index is 4.09. The first-order valence-corrected chi connectivity index (χ1v) is 6.88. The number of tetrazole rings is 1. The molecule has 0 atom stereocenters. The van der Waals surface area contributed by atoms with Gasteiger partial charge in [-0.15, -0.1) is 5.10 Å². The Labute approximate surface area is 123 Å². The van der Waals surface area contributed by atoms with Gasteiger partial charge in [0.05, 0.1) is 12.2 Å². The summed E-state index contributed by atoms with van der Waals surface area (Å²) in [4.78, 5) is 0. The third-order valence-corrected chi connectivity index (χ3v) is 3.49. The van der Waals surface area contributed by atoms with Crippen LogP contribution in [0.3, 0.4) is 0 Å². The molecule has 0 bridgehead atoms. The molecule has 0 aliphatic heterocycles. The van der Waals surface area contributed by atoms with E-state index in [1.165, 1.54) is 11.1 Å². The number of para-hydroxylation sites is 1. The summed E-state index contributed by atoms with van der Waals surface area (Å²) in [6.07, 6.45) is 0. The van der Waals surface area contributed by atoms with Crippen molar-refractivity contribution in [2.75, 3.05) is 5.32 Å². The van der Waals surface area contributed by atoms with Crippen molar-refractivity contribution in [3.8, 4) is 5.69 Å². The smallest absolute Gasteiger partial charge is 0.175 e. The van der Waals surface area contributed by atoms with Crippen LogP contribution in [0.5, 0.6) is 0 Å². The number of nitrogens with zero attached hydrogens (tertiary/aromatic N) is 4. The highest BCUT2D eigenvalue weighted by molar-refractivity contribution is 5.48. The Morgan fingerprint density at radius 2 is 1.81 bits per heavy atom. The maximum Gasteiger partial charge on any atom is 0.175 e. The van der Waals surface area contributed by atoms with Gasteiger partial charge in [0, 0.05) is 5.69 Å². The summed E-state index contributed by atoms with van der Waals surface area (Å²) in [7, 11) is 0. The lowest BCUT2D eigenvalue weighted by molar-refractivity contribution is 0.768. The molecule has 0 aliphatic carbocycles. The van der Waals surface area contributed by atoms with Gasteiger partial charge in [-0.05, 0) is 59.7 Å². The Kier molecular flexibility index (Phi) is 3.64. The Morgan fingerprint density at radius 3 is 2.57 bits per heavy atom. The summed E-state index contributed by atoms with van der Waals surface area (Å²) in [5.74, 6) is 0.777. The lowest BCUT2D eigenvalue weighted by atomic mass is 10.1. The van der Waals surface area contributed by atoms with Crippen molar-refractivity contribution in [2.45, 2.75) is 20.4 Å². The second-order valence-corrected chi connectivity index (χ2v) is 5.00. The molecule has 3 aromatic rings. The largest absolute Gasteiger partial charge is 0.378 e. The molecular weight excluding hydrogens is 262 g/mol. The van der Waals surface area contributed by atoms with E-state index in [1.807, 2.05) is 30.3 Å². The number of rotatable bonds is 4. The topological polar surface area (TPSA) is 55.6 Å². The van der Waals surface area contributed by atoms with E-state index in [0.29, 0.717) is 6.54 Å². The minimum atomic E-state index is 0.574. The summed E-state index contributed by atoms with van der Waals surface area (Å²) in [5, 5.41) is 15.3. The van der Waals surface area contributed by atoms with Crippen LogP contribution in [0, 0.1) is 13.8 Å². The van der Waals surface area contributed by atoms with Crippen molar-refractivity contribution in [3.05, 3.63) is 65.5 Å². The Morgan fingerprint density at radius 1 is 1.00 bits per heavy atom. The third kappa shape index (κ3) is 2.91. The molecule has 0 unspecified atom stereocenters. The minimum absolute atomic E-state index is 0.574. The van der Waals surface area contributed by atoms with Crippen molar-refractivity contribution in [2.24, 2.45) is 0 Å². The second-order valence-electron chi connectivity index (χ2n) is 5.00. The molecule has 1 heterocycles. The molecule has 21 heavy (non-hydrogen) atoms. The molecule has 3 rings (SSSR count). The van der Waals surface area contributed by atoms with Gasteiger partial charge in [-0.1, -0.05) is 24.3 Å². The highest BCUT2D eigenvalue weighted by Crippen LogP contribution is 2.15. The van der Waals surface area contributed by atoms with Crippen LogP contribution >= 0.6 is 0 Å². The van der Waals surface area contributed by atoms with Gasteiger partial charge >= 0.3 is 0 Å². The molecule has 0 saturated carbocycles. The van der Waals surface area contributed by atoms with Crippen LogP contribution in [0.2, 0.25) is 0 Å². The van der Waals surface area contributed by atoms with E-state index in [0.717, 1.165) is 17.2 Å². The number of anilines is 1. The van der Waals surface area contributed by atoms with E-state index in [2.05, 4.69) is 52.9 Å². The Bertz CT molecular complexity index is 733. The average molecular weight is 279 g/mol. The fraction of sp³-hybridized carbons (Fsp3) is 0.188. The summed E-state index contributed by atoms with van der Waals surface area (Å²) >= 11 is 0. The number of hydrogen-bond acceptors (Lipinski definition) is 4. The normalized spacial score (nSPS) is 10.6. The molecule has 0 radical (unpaired) electrons. The van der Waals surface area contributed by atoms with Gasteiger partial charge in [-0.25, -0.2) is 0 Å². The minimum Gasteiger partial charge on any atom is -0.378 e. The summed E-state index contributed by atoms with van der Waals surface area (Å²) in [6.45, 7) is 4.79. The van der Waals surface area contributed by atoms with Gasteiger partial charge in [0.1, 0.15) is 0 Å². The summed E-state index contributed by atoms with van der Waals surface area (Å²) in [5.41, 5.74) is 4.58. The Balaban J connectivity index is 1.77. The second kappa shape index (κ2) is 5.75. The Hall–Kier alpha value is -2.69. The van der Waals surface area contributed by atoms with Gasteiger partial charge in [0.2, 0.25) is 0 Å². The van der Waals surface area contributed by atoms with Gasteiger partial charge in [0.15, 0.2) is 5.82 Å². The van der Waals surface area contributed by atoms with Crippen molar-refractivity contribution >= 4 is 5.69 Å². The molecule has 5 nitrogen and oxygen atoms in total. The third-order valence-electron chi connectivity index (χ3n) is 3.49. The fourth-order valence-corrected chi connectivity index (χ4v) is 2.12. The number of benzene rings is 2. The van der Waals surface area contributed by atoms with Crippen molar-refractivity contribution in [1.29, 1.82) is 0 Å². The molecule has 1 N–H and O–H groups in total. The molecule has 0 amide bonds. The fourth-order valence-electron chi connectivity index (χ4n) is 2.12. The van der Waals surface area contributed by atoms with Gasteiger partial charge < -0.3 is 5.32 Å². The van der Waals surface area contributed by atoms with Crippen molar-refractivity contribution in [1.82, 2.24) is 20.2 Å². The van der Waals surface area contributed by atoms with Gasteiger partial charge in [-0.2, -0.15) is 4.68 Å². The van der Waals surface area contributed by atoms with E-state index in [9.17, 15) is 0 Å². The van der Waals surface area contributed by atoms with Gasteiger partial charge in [-0.3, -0.25) is 0 Å². The van der Waals surface area contributed by atoms with E-state index >= 15 is 0 Å². The predicted octanol–water partition coefficient (Wildman–Crippen LogP) is 2.89. The lowest BCUT2D eigenvalue weighted by Gasteiger charge is -2.09. The average Bonchev–Trinajstić information content (AvgIpc) is 2.98. The molecule has 106 valence electrons. The van der Waals surface area contributed by atoms with E-state index in [4.69, 9.17) is 0 Å². The first-order chi connectivity index (χ1) is 10.2. The highest BCUT2D eigenvalue weighted by atomic mass is 15.5. The van der Waals surface area contributed by atoms with Crippen LogP contribution in [-0.2, 0) is 6.54 Å². The maximum absolute atomic E-state index is 4.09. The zero-order valence-corrected chi connectivity index (χ0v) is 12.1. The molecule has 0 saturated heterocycles. The van der Waals surface area contributed by atoms with Crippen molar-refractivity contribution < 1.29 is 0 Å². The zero-order chi connectivity index (χ0) is 14.7. The number of hydrogen-bond donors (Lipinski definition) is 1. The number of aryl methyl sites for hydroxylation is 2. The SMILES string of the molecule is Cc1ccc(NCc2nnnn2-c2ccccc2)cc1C. The lowest BCUT2D eigenvalue weighted by Crippen LogP contribution is -2.08. The quantitative estimate of drug-likeness (QED) is 0.798. The molecule has 0 aliphatic rings. The highest BCUT2D eigenvalue weighted by Gasteiger charge is 2.07. The summed E-state index contributed by atoms with van der Waals surface area (Å²) < 4.78 is 1.74. The van der Waals surface area contributed by atoms with Gasteiger partial charge in [0.25, 0.3) is 0 Å². The molecular formula is C16H17N5. The molecule has 2 aromatic carbocycles. The van der Waals surface area contributed by atoms with Crippen LogP contribution in [0.25, 0.3) is 5.69 Å². The molecule has 5 heteroatoms. The van der Waals surface area contributed by atoms with Crippen LogP contribution in [-0.4, -0.2) is 20.2 Å². The number of aromatic nitrogens is 4. The van der Waals surface area contributed by atoms with Crippen LogP contribution in [0.1, 0.15) is 17.0 Å². The molecule has 1 aromatic heterocycles. The van der Waals surface area contributed by atoms with E-state index in [-0.39, 0.29) is 0 Å². The van der Waals surface area contributed by atoms with E-state index < -0.39 is 0 Å². The molecule has 0 fully saturated rings.